The summed E-state index contributed by atoms with van der Waals surface area (Å²) in [5.41, 5.74) is 11.0. The molecule has 0 unspecified atom stereocenters. The fourth-order valence-electron chi connectivity index (χ4n) is 5.70. The Kier molecular flexibility index (Phi) is 4.92. The van der Waals surface area contributed by atoms with Crippen LogP contribution in [0.25, 0.3) is 66.1 Å². The third-order valence-corrected chi connectivity index (χ3v) is 7.72. The summed E-state index contributed by atoms with van der Waals surface area (Å²) >= 11 is 0. The average molecular weight is 501 g/mol. The number of hydrogen-bond donors (Lipinski definition) is 0. The third-order valence-electron chi connectivity index (χ3n) is 7.72. The first-order valence-electron chi connectivity index (χ1n) is 13.3. The van der Waals surface area contributed by atoms with Gasteiger partial charge in [0.15, 0.2) is 0 Å². The summed E-state index contributed by atoms with van der Waals surface area (Å²) < 4.78 is 12.3. The molecule has 8 rings (SSSR count). The van der Waals surface area contributed by atoms with Crippen LogP contribution in [-0.4, -0.2) is 0 Å². The van der Waals surface area contributed by atoms with Gasteiger partial charge >= 0.3 is 0 Å². The van der Waals surface area contributed by atoms with Crippen molar-refractivity contribution in [2.24, 2.45) is 0 Å². The fraction of sp³-hybridized carbons (Fsp3) is 0.0270. The molecule has 0 amide bonds. The highest BCUT2D eigenvalue weighted by Gasteiger charge is 2.11. The van der Waals surface area contributed by atoms with E-state index in [1.54, 1.807) is 0 Å². The minimum atomic E-state index is 0.855. The van der Waals surface area contributed by atoms with E-state index in [9.17, 15) is 0 Å². The molecule has 2 heterocycles. The molecule has 2 aromatic heterocycles. The van der Waals surface area contributed by atoms with Gasteiger partial charge in [-0.25, -0.2) is 0 Å². The fourth-order valence-corrected chi connectivity index (χ4v) is 5.70. The molecule has 2 heteroatoms. The van der Waals surface area contributed by atoms with Crippen LogP contribution < -0.4 is 0 Å². The summed E-state index contributed by atoms with van der Waals surface area (Å²) in [7, 11) is 0. The van der Waals surface area contributed by atoms with Gasteiger partial charge in [-0.1, -0.05) is 97.1 Å². The number of furan rings is 2. The van der Waals surface area contributed by atoms with Gasteiger partial charge in [-0.15, -0.1) is 0 Å². The number of benzene rings is 6. The topological polar surface area (TPSA) is 26.3 Å². The molecule has 2 nitrogen and oxygen atoms in total. The molecule has 0 aliphatic rings. The number of fused-ring (bicyclic) bond motifs is 6. The summed E-state index contributed by atoms with van der Waals surface area (Å²) in [6, 6.07) is 47.0. The molecular weight excluding hydrogens is 476 g/mol. The molecule has 184 valence electrons. The lowest BCUT2D eigenvalue weighted by Crippen LogP contribution is -1.88. The van der Waals surface area contributed by atoms with Gasteiger partial charge in [0.05, 0.1) is 0 Å². The molecule has 0 atom stereocenters. The van der Waals surface area contributed by atoms with Crippen LogP contribution in [0.3, 0.4) is 0 Å². The maximum absolute atomic E-state index is 6.32. The van der Waals surface area contributed by atoms with Crippen LogP contribution in [0.5, 0.6) is 0 Å². The molecule has 8 aromatic rings. The molecule has 0 radical (unpaired) electrons. The van der Waals surface area contributed by atoms with Gasteiger partial charge in [0.25, 0.3) is 0 Å². The van der Waals surface area contributed by atoms with Crippen molar-refractivity contribution in [3.8, 4) is 22.3 Å². The first-order chi connectivity index (χ1) is 19.3. The Morgan fingerprint density at radius 3 is 1.77 bits per heavy atom. The van der Waals surface area contributed by atoms with Crippen LogP contribution in [0.4, 0.5) is 0 Å². The Morgan fingerprint density at radius 2 is 0.897 bits per heavy atom. The Balaban J connectivity index is 1.08. The standard InChI is InChI=1S/C37H24O2/c1-2-6-26(7-3-1)29-15-18-32-31-17-12-25(21-36(31)39-37(32)23-29)20-24-10-13-27(14-11-24)28-16-19-35-33(22-28)30-8-4-5-9-34(30)38-35/h1-19,21-23H,20H2. The molecule has 0 aliphatic carbocycles. The van der Waals surface area contributed by atoms with Crippen molar-refractivity contribution >= 4 is 43.9 Å². The largest absolute Gasteiger partial charge is 0.456 e. The van der Waals surface area contributed by atoms with Crippen LogP contribution in [0.15, 0.2) is 142 Å². The maximum Gasteiger partial charge on any atom is 0.136 e. The van der Waals surface area contributed by atoms with E-state index in [0.717, 1.165) is 50.3 Å². The molecule has 0 saturated carbocycles. The van der Waals surface area contributed by atoms with Crippen molar-refractivity contribution in [3.63, 3.8) is 0 Å². The SMILES string of the molecule is c1ccc(-c2ccc3c(c2)oc2cc(Cc4ccc(-c5ccc6oc7ccccc7c6c5)cc4)ccc23)cc1. The number of para-hydroxylation sites is 1. The van der Waals surface area contributed by atoms with E-state index in [2.05, 4.69) is 115 Å². The zero-order valence-electron chi connectivity index (χ0n) is 21.2. The molecule has 39 heavy (non-hydrogen) atoms. The van der Waals surface area contributed by atoms with Crippen molar-refractivity contribution in [2.45, 2.75) is 6.42 Å². The zero-order chi connectivity index (χ0) is 25.8. The monoisotopic (exact) mass is 500 g/mol. The Labute approximate surface area is 225 Å². The predicted molar refractivity (Wildman–Crippen MR) is 161 cm³/mol. The molecule has 0 aliphatic heterocycles. The van der Waals surface area contributed by atoms with Crippen LogP contribution in [0.2, 0.25) is 0 Å². The van der Waals surface area contributed by atoms with Crippen LogP contribution >= 0.6 is 0 Å². The highest BCUT2D eigenvalue weighted by molar-refractivity contribution is 6.07. The molecule has 6 aromatic carbocycles. The van der Waals surface area contributed by atoms with Crippen molar-refractivity contribution in [2.75, 3.05) is 0 Å². The van der Waals surface area contributed by atoms with E-state index in [0.29, 0.717) is 0 Å². The van der Waals surface area contributed by atoms with Crippen molar-refractivity contribution < 1.29 is 8.83 Å². The lowest BCUT2D eigenvalue weighted by atomic mass is 9.98. The van der Waals surface area contributed by atoms with Crippen LogP contribution in [0.1, 0.15) is 11.1 Å². The Morgan fingerprint density at radius 1 is 0.333 bits per heavy atom. The second-order valence-electron chi connectivity index (χ2n) is 10.2. The molecule has 0 spiro atoms. The van der Waals surface area contributed by atoms with Gasteiger partial charge in [0.2, 0.25) is 0 Å². The van der Waals surface area contributed by atoms with Gasteiger partial charge in [-0.3, -0.25) is 0 Å². The summed E-state index contributed by atoms with van der Waals surface area (Å²) in [5.74, 6) is 0. The summed E-state index contributed by atoms with van der Waals surface area (Å²) in [6.07, 6.45) is 0.855. The van der Waals surface area contributed by atoms with Crippen molar-refractivity contribution in [1.82, 2.24) is 0 Å². The van der Waals surface area contributed by atoms with Crippen LogP contribution in [-0.2, 0) is 6.42 Å². The Bertz CT molecular complexity index is 2130. The second kappa shape index (κ2) is 8.75. The first-order valence-corrected chi connectivity index (χ1v) is 13.3. The molecule has 0 fully saturated rings. The van der Waals surface area contributed by atoms with Gasteiger partial charge < -0.3 is 8.83 Å². The zero-order valence-corrected chi connectivity index (χ0v) is 21.2. The van der Waals surface area contributed by atoms with Crippen molar-refractivity contribution in [1.29, 1.82) is 0 Å². The van der Waals surface area contributed by atoms with Gasteiger partial charge in [0.1, 0.15) is 22.3 Å². The van der Waals surface area contributed by atoms with E-state index in [1.807, 2.05) is 18.2 Å². The van der Waals surface area contributed by atoms with Crippen molar-refractivity contribution in [3.05, 3.63) is 145 Å². The van der Waals surface area contributed by atoms with E-state index >= 15 is 0 Å². The molecule has 0 bridgehead atoms. The van der Waals surface area contributed by atoms with E-state index in [1.165, 1.54) is 33.4 Å². The first kappa shape index (κ1) is 22.0. The Hall–Kier alpha value is -5.08. The quantitative estimate of drug-likeness (QED) is 0.240. The van der Waals surface area contributed by atoms with Gasteiger partial charge in [0, 0.05) is 21.5 Å². The lowest BCUT2D eigenvalue weighted by Gasteiger charge is -2.06. The smallest absolute Gasteiger partial charge is 0.136 e. The minimum Gasteiger partial charge on any atom is -0.456 e. The van der Waals surface area contributed by atoms with E-state index in [-0.39, 0.29) is 0 Å². The molecule has 0 saturated heterocycles. The number of hydrogen-bond acceptors (Lipinski definition) is 2. The number of rotatable bonds is 4. The van der Waals surface area contributed by atoms with Crippen LogP contribution in [0, 0.1) is 0 Å². The minimum absolute atomic E-state index is 0.855. The maximum atomic E-state index is 6.32. The van der Waals surface area contributed by atoms with Gasteiger partial charge in [-0.05, 0) is 76.2 Å². The van der Waals surface area contributed by atoms with E-state index < -0.39 is 0 Å². The highest BCUT2D eigenvalue weighted by atomic mass is 16.3. The molecular formula is C37H24O2. The summed E-state index contributed by atoms with van der Waals surface area (Å²) in [5, 5.41) is 4.62. The lowest BCUT2D eigenvalue weighted by molar-refractivity contribution is 0.668. The third kappa shape index (κ3) is 3.81. The highest BCUT2D eigenvalue weighted by Crippen LogP contribution is 2.34. The van der Waals surface area contributed by atoms with Gasteiger partial charge in [-0.2, -0.15) is 0 Å². The summed E-state index contributed by atoms with van der Waals surface area (Å²) in [4.78, 5) is 0. The normalized spacial score (nSPS) is 11.7. The average Bonchev–Trinajstić information content (AvgIpc) is 3.55. The van der Waals surface area contributed by atoms with E-state index in [4.69, 9.17) is 8.83 Å². The predicted octanol–water partition coefficient (Wildman–Crippen LogP) is 10.4. The summed E-state index contributed by atoms with van der Waals surface area (Å²) in [6.45, 7) is 0. The molecule has 0 N–H and O–H groups in total. The second-order valence-corrected chi connectivity index (χ2v) is 10.2.